The molecule has 132 valence electrons. The molecular formula is C17H17BrN2O5. The van der Waals surface area contributed by atoms with Crippen molar-refractivity contribution < 1.29 is 19.2 Å². The van der Waals surface area contributed by atoms with Crippen LogP contribution in [-0.4, -0.2) is 25.1 Å². The Labute approximate surface area is 153 Å². The van der Waals surface area contributed by atoms with E-state index in [1.54, 1.807) is 20.3 Å². The van der Waals surface area contributed by atoms with Crippen LogP contribution in [0.3, 0.4) is 0 Å². The fraction of sp³-hybridized carbons (Fsp3) is 0.235. The first kappa shape index (κ1) is 18.7. The number of hydrogen-bond donors (Lipinski definition) is 1. The third-order valence-corrected chi connectivity index (χ3v) is 4.18. The molecule has 0 bridgehead atoms. The number of carbonyl (C=O) groups is 1. The van der Waals surface area contributed by atoms with E-state index in [-0.39, 0.29) is 18.0 Å². The molecule has 0 aliphatic rings. The van der Waals surface area contributed by atoms with Crippen molar-refractivity contribution in [3.05, 3.63) is 56.5 Å². The normalized spacial score (nSPS) is 10.2. The lowest BCUT2D eigenvalue weighted by molar-refractivity contribution is -0.384. The molecule has 0 aromatic heterocycles. The minimum Gasteiger partial charge on any atom is -0.493 e. The lowest BCUT2D eigenvalue weighted by Crippen LogP contribution is -2.12. The second kappa shape index (κ2) is 8.48. The number of halogens is 1. The first-order chi connectivity index (χ1) is 11.9. The molecule has 7 nitrogen and oxygen atoms in total. The molecule has 2 aromatic carbocycles. The summed E-state index contributed by atoms with van der Waals surface area (Å²) < 4.78 is 10.9. The zero-order chi connectivity index (χ0) is 18.4. The number of carbonyl (C=O) groups excluding carboxylic acids is 1. The van der Waals surface area contributed by atoms with E-state index >= 15 is 0 Å². The van der Waals surface area contributed by atoms with Gasteiger partial charge in [-0.05, 0) is 46.1 Å². The smallest absolute Gasteiger partial charge is 0.270 e. The van der Waals surface area contributed by atoms with Crippen molar-refractivity contribution in [3.8, 4) is 11.5 Å². The van der Waals surface area contributed by atoms with Gasteiger partial charge in [0.25, 0.3) is 5.69 Å². The molecule has 0 spiro atoms. The maximum Gasteiger partial charge on any atom is 0.270 e. The van der Waals surface area contributed by atoms with E-state index in [0.29, 0.717) is 28.1 Å². The maximum absolute atomic E-state index is 12.1. The highest BCUT2D eigenvalue weighted by molar-refractivity contribution is 9.10. The van der Waals surface area contributed by atoms with Gasteiger partial charge in [0.15, 0.2) is 11.5 Å². The standard InChI is InChI=1S/C17H17BrN2O5/c1-24-15-7-3-11(9-16(15)25-2)4-8-17(21)19-14-6-5-12(20(22)23)10-13(14)18/h3,5-7,9-10H,4,8H2,1-2H3,(H,19,21). The van der Waals surface area contributed by atoms with Crippen molar-refractivity contribution in [1.82, 2.24) is 0 Å². The van der Waals surface area contributed by atoms with Gasteiger partial charge >= 0.3 is 0 Å². The molecule has 0 radical (unpaired) electrons. The minimum atomic E-state index is -0.493. The number of benzene rings is 2. The molecule has 25 heavy (non-hydrogen) atoms. The van der Waals surface area contributed by atoms with Crippen LogP contribution in [-0.2, 0) is 11.2 Å². The molecule has 0 unspecified atom stereocenters. The Balaban J connectivity index is 1.98. The van der Waals surface area contributed by atoms with E-state index in [9.17, 15) is 14.9 Å². The second-order valence-corrected chi connectivity index (χ2v) is 6.01. The van der Waals surface area contributed by atoms with Gasteiger partial charge in [0.1, 0.15) is 0 Å². The topological polar surface area (TPSA) is 90.7 Å². The first-order valence-electron chi connectivity index (χ1n) is 7.39. The Morgan fingerprint density at radius 2 is 1.88 bits per heavy atom. The van der Waals surface area contributed by atoms with Crippen molar-refractivity contribution in [3.63, 3.8) is 0 Å². The zero-order valence-corrected chi connectivity index (χ0v) is 15.3. The predicted molar refractivity (Wildman–Crippen MR) is 97.3 cm³/mol. The Hall–Kier alpha value is -2.61. The number of nitrogens with one attached hydrogen (secondary N) is 1. The highest BCUT2D eigenvalue weighted by Gasteiger charge is 2.12. The van der Waals surface area contributed by atoms with Crippen molar-refractivity contribution in [2.75, 3.05) is 19.5 Å². The number of ether oxygens (including phenoxy) is 2. The van der Waals surface area contributed by atoms with Crippen LogP contribution in [0.2, 0.25) is 0 Å². The number of nitro groups is 1. The largest absolute Gasteiger partial charge is 0.493 e. The SMILES string of the molecule is COc1ccc(CCC(=O)Nc2ccc([N+](=O)[O-])cc2Br)cc1OC. The monoisotopic (exact) mass is 408 g/mol. The molecule has 0 heterocycles. The molecule has 1 N–H and O–H groups in total. The molecule has 0 aliphatic carbocycles. The lowest BCUT2D eigenvalue weighted by Gasteiger charge is -2.10. The summed E-state index contributed by atoms with van der Waals surface area (Å²) in [5.41, 5.74) is 1.38. The van der Waals surface area contributed by atoms with Crippen LogP contribution in [0.1, 0.15) is 12.0 Å². The van der Waals surface area contributed by atoms with Crippen LogP contribution in [0.15, 0.2) is 40.9 Å². The zero-order valence-electron chi connectivity index (χ0n) is 13.7. The van der Waals surface area contributed by atoms with Crippen LogP contribution < -0.4 is 14.8 Å². The molecule has 2 aromatic rings. The van der Waals surface area contributed by atoms with Crippen LogP contribution in [0, 0.1) is 10.1 Å². The van der Waals surface area contributed by atoms with Gasteiger partial charge in [-0.1, -0.05) is 6.07 Å². The molecule has 0 atom stereocenters. The summed E-state index contributed by atoms with van der Waals surface area (Å²) in [5.74, 6) is 1.05. The Morgan fingerprint density at radius 1 is 1.16 bits per heavy atom. The Morgan fingerprint density at radius 3 is 2.48 bits per heavy atom. The highest BCUT2D eigenvalue weighted by atomic mass is 79.9. The number of non-ortho nitro benzene ring substituents is 1. The number of rotatable bonds is 7. The molecule has 0 saturated carbocycles. The summed E-state index contributed by atoms with van der Waals surface area (Å²) >= 11 is 3.23. The minimum absolute atomic E-state index is 0.0461. The van der Waals surface area contributed by atoms with Crippen molar-refractivity contribution >= 4 is 33.2 Å². The van der Waals surface area contributed by atoms with Gasteiger partial charge in [0, 0.05) is 23.0 Å². The third kappa shape index (κ3) is 4.93. The summed E-state index contributed by atoms with van der Waals surface area (Å²) in [4.78, 5) is 22.3. The van der Waals surface area contributed by atoms with Crippen molar-refractivity contribution in [1.29, 1.82) is 0 Å². The highest BCUT2D eigenvalue weighted by Crippen LogP contribution is 2.29. The molecule has 0 fully saturated rings. The third-order valence-electron chi connectivity index (χ3n) is 3.53. The summed E-state index contributed by atoms with van der Waals surface area (Å²) in [7, 11) is 3.12. The number of hydrogen-bond acceptors (Lipinski definition) is 5. The lowest BCUT2D eigenvalue weighted by atomic mass is 10.1. The predicted octanol–water partition coefficient (Wildman–Crippen LogP) is 3.95. The van der Waals surface area contributed by atoms with E-state index in [0.717, 1.165) is 5.56 Å². The summed E-state index contributed by atoms with van der Waals surface area (Å²) in [6.07, 6.45) is 0.787. The average Bonchev–Trinajstić information content (AvgIpc) is 2.61. The second-order valence-electron chi connectivity index (χ2n) is 5.16. The number of anilines is 1. The Kier molecular flexibility index (Phi) is 6.35. The van der Waals surface area contributed by atoms with E-state index in [1.165, 1.54) is 18.2 Å². The van der Waals surface area contributed by atoms with Crippen LogP contribution in [0.25, 0.3) is 0 Å². The quantitative estimate of drug-likeness (QED) is 0.553. The van der Waals surface area contributed by atoms with E-state index in [4.69, 9.17) is 9.47 Å². The van der Waals surface area contributed by atoms with E-state index < -0.39 is 4.92 Å². The van der Waals surface area contributed by atoms with E-state index in [1.807, 2.05) is 12.1 Å². The van der Waals surface area contributed by atoms with Crippen molar-refractivity contribution in [2.24, 2.45) is 0 Å². The molecular weight excluding hydrogens is 392 g/mol. The summed E-state index contributed by atoms with van der Waals surface area (Å²) in [5, 5.41) is 13.5. The number of methoxy groups -OCH3 is 2. The maximum atomic E-state index is 12.1. The number of aryl methyl sites for hydroxylation is 1. The average molecular weight is 409 g/mol. The Bertz CT molecular complexity index is 795. The summed E-state index contributed by atoms with van der Waals surface area (Å²) in [6, 6.07) is 9.68. The van der Waals surface area contributed by atoms with Crippen molar-refractivity contribution in [2.45, 2.75) is 12.8 Å². The fourth-order valence-electron chi connectivity index (χ4n) is 2.23. The molecule has 2 rings (SSSR count). The molecule has 0 aliphatic heterocycles. The van der Waals surface area contributed by atoms with Gasteiger partial charge in [-0.15, -0.1) is 0 Å². The number of nitrogens with zero attached hydrogens (tertiary/aromatic N) is 1. The van der Waals surface area contributed by atoms with Crippen LogP contribution >= 0.6 is 15.9 Å². The van der Waals surface area contributed by atoms with Crippen LogP contribution in [0.5, 0.6) is 11.5 Å². The molecule has 0 saturated heterocycles. The van der Waals surface area contributed by atoms with Gasteiger partial charge in [0.2, 0.25) is 5.91 Å². The van der Waals surface area contributed by atoms with Crippen LogP contribution in [0.4, 0.5) is 11.4 Å². The van der Waals surface area contributed by atoms with Gasteiger partial charge < -0.3 is 14.8 Å². The summed E-state index contributed by atoms with van der Waals surface area (Å²) in [6.45, 7) is 0. The number of amides is 1. The van der Waals surface area contributed by atoms with Gasteiger partial charge in [0.05, 0.1) is 24.8 Å². The van der Waals surface area contributed by atoms with E-state index in [2.05, 4.69) is 21.2 Å². The van der Waals surface area contributed by atoms with Gasteiger partial charge in [-0.25, -0.2) is 0 Å². The van der Waals surface area contributed by atoms with Gasteiger partial charge in [-0.3, -0.25) is 14.9 Å². The number of nitro benzene ring substituents is 1. The van der Waals surface area contributed by atoms with Gasteiger partial charge in [-0.2, -0.15) is 0 Å². The first-order valence-corrected chi connectivity index (χ1v) is 8.18. The fourth-order valence-corrected chi connectivity index (χ4v) is 2.69. The molecule has 8 heteroatoms. The molecule has 1 amide bonds.